The minimum absolute atomic E-state index is 0.0181. The monoisotopic (exact) mass is 430 g/mol. The Labute approximate surface area is 167 Å². The molecule has 0 bridgehead atoms. The van der Waals surface area contributed by atoms with Gasteiger partial charge in [0.25, 0.3) is 0 Å². The summed E-state index contributed by atoms with van der Waals surface area (Å²) in [6.45, 7) is 0.246. The summed E-state index contributed by atoms with van der Waals surface area (Å²) in [6.07, 6.45) is 3.39. The number of pyridine rings is 1. The van der Waals surface area contributed by atoms with E-state index in [1.54, 1.807) is 36.0 Å². The van der Waals surface area contributed by atoms with Crippen LogP contribution >= 0.6 is 23.4 Å². The van der Waals surface area contributed by atoms with Gasteiger partial charge >= 0.3 is 0 Å². The van der Waals surface area contributed by atoms with Gasteiger partial charge in [-0.2, -0.15) is 11.8 Å². The molecule has 5 nitrogen and oxygen atoms in total. The molecular formula is C18H20ClFN2O3S2. The molecule has 1 saturated heterocycles. The molecule has 0 spiro atoms. The average molecular weight is 431 g/mol. The number of aromatic nitrogens is 1. The van der Waals surface area contributed by atoms with Crippen LogP contribution in [0.5, 0.6) is 5.75 Å². The first-order valence-corrected chi connectivity index (χ1v) is 11.8. The molecule has 27 heavy (non-hydrogen) atoms. The van der Waals surface area contributed by atoms with Crippen molar-refractivity contribution in [3.05, 3.63) is 47.4 Å². The van der Waals surface area contributed by atoms with E-state index in [0.717, 1.165) is 24.2 Å². The number of benzene rings is 1. The molecule has 3 rings (SSSR count). The molecule has 0 saturated carbocycles. The molecule has 1 aromatic heterocycles. The number of halogens is 2. The summed E-state index contributed by atoms with van der Waals surface area (Å²) in [5, 5.41) is 0.516. The molecule has 2 aromatic rings. The second-order valence-corrected chi connectivity index (χ2v) is 9.80. The van der Waals surface area contributed by atoms with Crippen LogP contribution in [0, 0.1) is 11.7 Å². The molecule has 0 unspecified atom stereocenters. The zero-order chi connectivity index (χ0) is 19.4. The molecule has 1 fully saturated rings. The van der Waals surface area contributed by atoms with Crippen molar-refractivity contribution < 1.29 is 17.5 Å². The number of ether oxygens (including phenoxy) is 1. The number of nitrogens with zero attached hydrogens (tertiary/aromatic N) is 1. The number of nitrogens with one attached hydrogen (secondary N) is 1. The van der Waals surface area contributed by atoms with Crippen LogP contribution < -0.4 is 9.46 Å². The van der Waals surface area contributed by atoms with Gasteiger partial charge in [0.05, 0.1) is 23.6 Å². The minimum atomic E-state index is -3.29. The molecule has 1 aromatic carbocycles. The molecular weight excluding hydrogens is 411 g/mol. The molecule has 2 atom stereocenters. The van der Waals surface area contributed by atoms with E-state index >= 15 is 0 Å². The highest BCUT2D eigenvalue weighted by Crippen LogP contribution is 2.28. The van der Waals surface area contributed by atoms with Crippen LogP contribution in [-0.2, 0) is 10.0 Å². The Kier molecular flexibility index (Phi) is 6.62. The van der Waals surface area contributed by atoms with Crippen LogP contribution in [0.1, 0.15) is 6.42 Å². The predicted molar refractivity (Wildman–Crippen MR) is 107 cm³/mol. The third kappa shape index (κ3) is 5.81. The first-order valence-electron chi connectivity index (χ1n) is 8.41. The first kappa shape index (κ1) is 20.4. The Morgan fingerprint density at radius 2 is 2.19 bits per heavy atom. The molecule has 0 aliphatic carbocycles. The number of thioether (sulfide) groups is 1. The van der Waals surface area contributed by atoms with Gasteiger partial charge in [0, 0.05) is 29.5 Å². The first-order chi connectivity index (χ1) is 12.8. The predicted octanol–water partition coefficient (Wildman–Crippen LogP) is 3.59. The fourth-order valence-electron chi connectivity index (χ4n) is 2.91. The lowest BCUT2D eigenvalue weighted by molar-refractivity contribution is 0.221. The van der Waals surface area contributed by atoms with E-state index in [1.807, 2.05) is 0 Å². The van der Waals surface area contributed by atoms with Gasteiger partial charge < -0.3 is 4.74 Å². The average Bonchev–Trinajstić information content (AvgIpc) is 2.61. The van der Waals surface area contributed by atoms with Crippen LogP contribution in [0.4, 0.5) is 4.39 Å². The van der Waals surface area contributed by atoms with Gasteiger partial charge in [-0.05, 0) is 42.5 Å². The van der Waals surface area contributed by atoms with Crippen molar-refractivity contribution in [2.45, 2.75) is 12.5 Å². The van der Waals surface area contributed by atoms with E-state index in [0.29, 0.717) is 16.3 Å². The highest BCUT2D eigenvalue weighted by atomic mass is 35.5. The van der Waals surface area contributed by atoms with Gasteiger partial charge in [-0.15, -0.1) is 0 Å². The maximum atomic E-state index is 14.4. The van der Waals surface area contributed by atoms with Crippen LogP contribution in [-0.4, -0.2) is 43.8 Å². The number of hydrogen-bond acceptors (Lipinski definition) is 5. The van der Waals surface area contributed by atoms with Gasteiger partial charge in [0.1, 0.15) is 0 Å². The quantitative estimate of drug-likeness (QED) is 0.758. The molecule has 1 aliphatic heterocycles. The van der Waals surface area contributed by atoms with E-state index in [2.05, 4.69) is 9.71 Å². The number of rotatable bonds is 6. The van der Waals surface area contributed by atoms with Crippen LogP contribution in [0.25, 0.3) is 11.3 Å². The maximum Gasteiger partial charge on any atom is 0.208 e. The lowest BCUT2D eigenvalue weighted by Gasteiger charge is -2.31. The van der Waals surface area contributed by atoms with Crippen molar-refractivity contribution in [2.24, 2.45) is 5.92 Å². The lowest BCUT2D eigenvalue weighted by Crippen LogP contribution is -2.45. The summed E-state index contributed by atoms with van der Waals surface area (Å²) in [5.41, 5.74) is 1.24. The summed E-state index contributed by atoms with van der Waals surface area (Å²) < 4.78 is 45.8. The third-order valence-corrected chi connectivity index (χ3v) is 6.39. The normalized spacial score (nSPS) is 20.4. The lowest BCUT2D eigenvalue weighted by atomic mass is 10.0. The minimum Gasteiger partial charge on any atom is -0.490 e. The second kappa shape index (κ2) is 8.77. The summed E-state index contributed by atoms with van der Waals surface area (Å²) in [4.78, 5) is 4.18. The Hall–Kier alpha value is -1.35. The maximum absolute atomic E-state index is 14.4. The number of sulfonamides is 1. The Bertz CT molecular complexity index is 894. The van der Waals surface area contributed by atoms with Gasteiger partial charge in [-0.25, -0.2) is 17.5 Å². The number of hydrogen-bond donors (Lipinski definition) is 1. The van der Waals surface area contributed by atoms with E-state index in [9.17, 15) is 12.8 Å². The van der Waals surface area contributed by atoms with Crippen molar-refractivity contribution >= 4 is 33.4 Å². The fraction of sp³-hybridized carbons (Fsp3) is 0.389. The Morgan fingerprint density at radius 1 is 1.37 bits per heavy atom. The second-order valence-electron chi connectivity index (χ2n) is 6.44. The summed E-state index contributed by atoms with van der Waals surface area (Å²) in [7, 11) is -3.29. The van der Waals surface area contributed by atoms with E-state index in [-0.39, 0.29) is 24.3 Å². The zero-order valence-electron chi connectivity index (χ0n) is 14.7. The smallest absolute Gasteiger partial charge is 0.208 e. The van der Waals surface area contributed by atoms with Crippen LogP contribution in [0.2, 0.25) is 5.02 Å². The largest absolute Gasteiger partial charge is 0.490 e. The van der Waals surface area contributed by atoms with E-state index < -0.39 is 15.8 Å². The molecule has 0 radical (unpaired) electrons. The third-order valence-electron chi connectivity index (χ3n) is 4.25. The summed E-state index contributed by atoms with van der Waals surface area (Å²) in [6, 6.07) is 7.89. The van der Waals surface area contributed by atoms with Gasteiger partial charge in [-0.1, -0.05) is 11.6 Å². The summed E-state index contributed by atoms with van der Waals surface area (Å²) >= 11 is 7.57. The molecule has 0 amide bonds. The van der Waals surface area contributed by atoms with Crippen molar-refractivity contribution in [1.29, 1.82) is 0 Å². The van der Waals surface area contributed by atoms with Crippen molar-refractivity contribution in [3.8, 4) is 17.0 Å². The Balaban J connectivity index is 1.67. The summed E-state index contributed by atoms with van der Waals surface area (Å²) in [5.74, 6) is 1.29. The molecule has 146 valence electrons. The molecule has 1 N–H and O–H groups in total. The van der Waals surface area contributed by atoms with Gasteiger partial charge in [0.2, 0.25) is 10.0 Å². The van der Waals surface area contributed by atoms with Crippen molar-refractivity contribution in [1.82, 2.24) is 9.71 Å². The molecule has 9 heteroatoms. The van der Waals surface area contributed by atoms with E-state index in [4.69, 9.17) is 16.3 Å². The fourth-order valence-corrected chi connectivity index (χ4v) is 5.10. The highest BCUT2D eigenvalue weighted by molar-refractivity contribution is 7.99. The SMILES string of the molecule is CS(=O)(=O)N[C@H]1CCSC[C@@H]1COc1ccc(-c2ccc(Cl)cn2)cc1F. The van der Waals surface area contributed by atoms with Crippen LogP contribution in [0.3, 0.4) is 0 Å². The standard InChI is InChI=1S/C18H20ClFN2O3S2/c1-27(23,24)22-17-6-7-26-11-13(17)10-25-18-5-2-12(8-15(18)20)16-4-3-14(19)9-21-16/h2-5,8-9,13,17,22H,6-7,10-11H2,1H3/t13-,17-/m0/s1. The van der Waals surface area contributed by atoms with Gasteiger partial charge in [-0.3, -0.25) is 4.98 Å². The zero-order valence-corrected chi connectivity index (χ0v) is 17.1. The molecule has 1 aliphatic rings. The van der Waals surface area contributed by atoms with Crippen LogP contribution in [0.15, 0.2) is 36.5 Å². The van der Waals surface area contributed by atoms with E-state index in [1.165, 1.54) is 12.3 Å². The highest BCUT2D eigenvalue weighted by Gasteiger charge is 2.28. The topological polar surface area (TPSA) is 68.3 Å². The Morgan fingerprint density at radius 3 is 2.85 bits per heavy atom. The van der Waals surface area contributed by atoms with Crippen molar-refractivity contribution in [3.63, 3.8) is 0 Å². The molecule has 2 heterocycles. The van der Waals surface area contributed by atoms with Crippen molar-refractivity contribution in [2.75, 3.05) is 24.4 Å². The van der Waals surface area contributed by atoms with Gasteiger partial charge in [0.15, 0.2) is 11.6 Å².